The summed E-state index contributed by atoms with van der Waals surface area (Å²) in [6.45, 7) is 0. The van der Waals surface area contributed by atoms with Gasteiger partial charge in [0.05, 0.1) is 0 Å². The number of nitrogens with two attached hydrogens (primary N) is 3. The fourth-order valence-corrected chi connectivity index (χ4v) is 0.478. The van der Waals surface area contributed by atoms with Crippen LogP contribution in [0.2, 0.25) is 0 Å². The van der Waals surface area contributed by atoms with Gasteiger partial charge in [-0.2, -0.15) is 0 Å². The van der Waals surface area contributed by atoms with E-state index in [1.807, 2.05) is 0 Å². The van der Waals surface area contributed by atoms with Crippen LogP contribution in [0.4, 0.5) is 0 Å². The lowest BCUT2D eigenvalue weighted by Crippen LogP contribution is -2.31. The van der Waals surface area contributed by atoms with Crippen molar-refractivity contribution in [3.05, 3.63) is 11.3 Å². The van der Waals surface area contributed by atoms with E-state index in [0.717, 1.165) is 0 Å². The van der Waals surface area contributed by atoms with Crippen molar-refractivity contribution in [2.45, 2.75) is 0 Å². The molecule has 0 unspecified atom stereocenters. The van der Waals surface area contributed by atoms with Crippen LogP contribution in [0.3, 0.4) is 0 Å². The van der Waals surface area contributed by atoms with Gasteiger partial charge in [0.2, 0.25) is 0 Å². The second kappa shape index (κ2) is 3.37. The molecule has 0 aromatic carbocycles. The minimum atomic E-state index is -1.34. The second-order valence-electron chi connectivity index (χ2n) is 1.82. The Hall–Kier alpha value is -2.05. The van der Waals surface area contributed by atoms with Gasteiger partial charge in [0.25, 0.3) is 17.7 Å². The van der Waals surface area contributed by atoms with E-state index in [1.165, 1.54) is 0 Å². The van der Waals surface area contributed by atoms with Crippen molar-refractivity contribution in [1.29, 1.82) is 0 Å². The number of rotatable bonds is 3. The van der Waals surface area contributed by atoms with E-state index in [2.05, 4.69) is 17.2 Å². The predicted molar refractivity (Wildman–Crippen MR) is 37.2 cm³/mol. The van der Waals surface area contributed by atoms with Gasteiger partial charge in [-0.05, 0) is 0 Å². The molecule has 0 saturated carbocycles. The Morgan fingerprint density at radius 3 is 1.25 bits per heavy atom. The summed E-state index contributed by atoms with van der Waals surface area (Å²) in [6.07, 6.45) is 0. The normalized spacial score (nSPS) is 8.67. The number of amides is 3. The molecular formula is C5H7N3O4. The van der Waals surface area contributed by atoms with Gasteiger partial charge >= 0.3 is 0 Å². The average molecular weight is 173 g/mol. The molecule has 0 radical (unpaired) electrons. The highest BCUT2D eigenvalue weighted by Gasteiger charge is 2.21. The number of primary amides is 3. The first kappa shape index (κ1) is 9.95. The first-order valence-corrected chi connectivity index (χ1v) is 2.70. The van der Waals surface area contributed by atoms with Crippen LogP contribution in [0.15, 0.2) is 11.3 Å². The maximum absolute atomic E-state index is 10.4. The third kappa shape index (κ3) is 1.97. The zero-order valence-corrected chi connectivity index (χ0v) is 5.90. The molecule has 0 aliphatic carbocycles. The van der Waals surface area contributed by atoms with Crippen molar-refractivity contribution in [2.75, 3.05) is 0 Å². The molecule has 7 nitrogen and oxygen atoms in total. The van der Waals surface area contributed by atoms with Crippen molar-refractivity contribution in [3.63, 3.8) is 0 Å². The lowest BCUT2D eigenvalue weighted by atomic mass is 10.2. The van der Waals surface area contributed by atoms with Crippen LogP contribution >= 0.6 is 0 Å². The third-order valence-electron chi connectivity index (χ3n) is 0.963. The van der Waals surface area contributed by atoms with Crippen molar-refractivity contribution >= 4 is 17.7 Å². The highest BCUT2D eigenvalue weighted by Crippen LogP contribution is 1.98. The maximum Gasteiger partial charge on any atom is 0.284 e. The monoisotopic (exact) mass is 173 g/mol. The Balaban J connectivity index is 5.23. The van der Waals surface area contributed by atoms with E-state index in [4.69, 9.17) is 5.11 Å². The summed E-state index contributed by atoms with van der Waals surface area (Å²) in [5.74, 6) is -5.18. The second-order valence-corrected chi connectivity index (χ2v) is 1.82. The minimum Gasteiger partial charge on any atom is -0.502 e. The molecule has 0 aliphatic rings. The van der Waals surface area contributed by atoms with Crippen LogP contribution in [0.1, 0.15) is 0 Å². The summed E-state index contributed by atoms with van der Waals surface area (Å²) in [5, 5.41) is 8.73. The Bertz CT molecular complexity index is 264. The van der Waals surface area contributed by atoms with Crippen molar-refractivity contribution in [1.82, 2.24) is 0 Å². The molecule has 7 N–H and O–H groups in total. The molecule has 0 aromatic heterocycles. The van der Waals surface area contributed by atoms with Gasteiger partial charge in [-0.3, -0.25) is 14.4 Å². The molecule has 12 heavy (non-hydrogen) atoms. The van der Waals surface area contributed by atoms with Gasteiger partial charge in [-0.25, -0.2) is 0 Å². The molecule has 0 fully saturated rings. The van der Waals surface area contributed by atoms with Crippen LogP contribution in [-0.4, -0.2) is 22.8 Å². The molecule has 0 rings (SSSR count). The SMILES string of the molecule is NC(=O)C(O)=C(C(N)=O)C(N)=O. The molecule has 0 aromatic rings. The van der Waals surface area contributed by atoms with Crippen LogP contribution in [0, 0.1) is 0 Å². The standard InChI is InChI=1S/C5H7N3O4/c6-3(10)1(4(7)11)2(9)5(8)12/h9H,(H2,6,10)(H2,7,11)(H2,8,12). The number of aliphatic hydroxyl groups excluding tert-OH is 1. The number of hydrogen-bond acceptors (Lipinski definition) is 4. The lowest BCUT2D eigenvalue weighted by Gasteiger charge is -1.99. The number of carbonyl (C=O) groups excluding carboxylic acids is 3. The first-order valence-electron chi connectivity index (χ1n) is 2.70. The van der Waals surface area contributed by atoms with E-state index < -0.39 is 29.1 Å². The van der Waals surface area contributed by atoms with Crippen molar-refractivity contribution < 1.29 is 19.5 Å². The molecule has 66 valence electrons. The van der Waals surface area contributed by atoms with Crippen LogP contribution in [0.25, 0.3) is 0 Å². The largest absolute Gasteiger partial charge is 0.502 e. The Morgan fingerprint density at radius 1 is 0.833 bits per heavy atom. The quantitative estimate of drug-likeness (QED) is 0.158. The van der Waals surface area contributed by atoms with Gasteiger partial charge in [-0.15, -0.1) is 0 Å². The van der Waals surface area contributed by atoms with Crippen molar-refractivity contribution in [3.8, 4) is 0 Å². The molecule has 0 saturated heterocycles. The molecule has 0 heterocycles. The summed E-state index contributed by atoms with van der Waals surface area (Å²) < 4.78 is 0. The van der Waals surface area contributed by atoms with Gasteiger partial charge in [-0.1, -0.05) is 0 Å². The third-order valence-corrected chi connectivity index (χ3v) is 0.963. The van der Waals surface area contributed by atoms with Gasteiger partial charge in [0, 0.05) is 0 Å². The topological polar surface area (TPSA) is 150 Å². The smallest absolute Gasteiger partial charge is 0.284 e. The number of aliphatic hydroxyl groups is 1. The highest BCUT2D eigenvalue weighted by molar-refractivity contribution is 6.21. The van der Waals surface area contributed by atoms with Gasteiger partial charge < -0.3 is 22.3 Å². The molecule has 0 spiro atoms. The van der Waals surface area contributed by atoms with E-state index in [-0.39, 0.29) is 0 Å². The summed E-state index contributed by atoms with van der Waals surface area (Å²) in [6, 6.07) is 0. The number of hydrogen-bond donors (Lipinski definition) is 4. The average Bonchev–Trinajstić information content (AvgIpc) is 1.85. The van der Waals surface area contributed by atoms with Crippen LogP contribution < -0.4 is 17.2 Å². The Morgan fingerprint density at radius 2 is 1.17 bits per heavy atom. The Kier molecular flexibility index (Phi) is 2.80. The van der Waals surface area contributed by atoms with Gasteiger partial charge in [0.15, 0.2) is 11.3 Å². The summed E-state index contributed by atoms with van der Waals surface area (Å²) in [5.41, 5.74) is 12.8. The highest BCUT2D eigenvalue weighted by atomic mass is 16.3. The predicted octanol–water partition coefficient (Wildman–Crippen LogP) is -2.75. The minimum absolute atomic E-state index is 0.998. The van der Waals surface area contributed by atoms with E-state index in [1.54, 1.807) is 0 Å². The van der Waals surface area contributed by atoms with Crippen LogP contribution in [-0.2, 0) is 14.4 Å². The maximum atomic E-state index is 10.4. The molecule has 0 atom stereocenters. The summed E-state index contributed by atoms with van der Waals surface area (Å²) in [7, 11) is 0. The first-order chi connectivity index (χ1) is 5.37. The van der Waals surface area contributed by atoms with Gasteiger partial charge in [0.1, 0.15) is 0 Å². The zero-order valence-electron chi connectivity index (χ0n) is 5.90. The fourth-order valence-electron chi connectivity index (χ4n) is 0.478. The van der Waals surface area contributed by atoms with Crippen molar-refractivity contribution in [2.24, 2.45) is 17.2 Å². The lowest BCUT2D eigenvalue weighted by molar-refractivity contribution is -0.123. The molecule has 7 heteroatoms. The van der Waals surface area contributed by atoms with E-state index in [9.17, 15) is 14.4 Å². The van der Waals surface area contributed by atoms with E-state index in [0.29, 0.717) is 0 Å². The molecular weight excluding hydrogens is 166 g/mol. The fraction of sp³-hybridized carbons (Fsp3) is 0. The van der Waals surface area contributed by atoms with E-state index >= 15 is 0 Å². The zero-order chi connectivity index (χ0) is 9.89. The molecule has 0 aliphatic heterocycles. The summed E-state index contributed by atoms with van der Waals surface area (Å²) in [4.78, 5) is 31.0. The Labute approximate surface area is 66.8 Å². The molecule has 3 amide bonds. The summed E-state index contributed by atoms with van der Waals surface area (Å²) >= 11 is 0. The molecule has 0 bridgehead atoms. The van der Waals surface area contributed by atoms with Crippen LogP contribution in [0.5, 0.6) is 0 Å². The number of carbonyl (C=O) groups is 3.